The van der Waals surface area contributed by atoms with Crippen LogP contribution in [0.3, 0.4) is 0 Å². The summed E-state index contributed by atoms with van der Waals surface area (Å²) in [6.45, 7) is 5.67. The molecule has 0 aromatic heterocycles. The fourth-order valence-corrected chi connectivity index (χ4v) is 5.11. The molecule has 3 rings (SSSR count). The van der Waals surface area contributed by atoms with Gasteiger partial charge in [-0.2, -0.15) is 0 Å². The van der Waals surface area contributed by atoms with Crippen LogP contribution >= 0.6 is 0 Å². The van der Waals surface area contributed by atoms with Crippen molar-refractivity contribution in [2.24, 2.45) is 0 Å². The fourth-order valence-electron chi connectivity index (χ4n) is 5.11. The summed E-state index contributed by atoms with van der Waals surface area (Å²) < 4.78 is 0. The average molecular weight is 470 g/mol. The Morgan fingerprint density at radius 1 is 0.514 bits per heavy atom. The van der Waals surface area contributed by atoms with Crippen LogP contribution in [0.5, 0.6) is 0 Å². The number of anilines is 2. The molecule has 0 saturated carbocycles. The van der Waals surface area contributed by atoms with Gasteiger partial charge in [-0.3, -0.25) is 0 Å². The molecule has 0 aliphatic carbocycles. The predicted octanol–water partition coefficient (Wildman–Crippen LogP) is 10.8. The van der Waals surface area contributed by atoms with Crippen LogP contribution in [0.2, 0.25) is 0 Å². The van der Waals surface area contributed by atoms with Crippen LogP contribution in [0.1, 0.15) is 96.5 Å². The number of hydrogen-bond donors (Lipinski definition) is 0. The molecule has 0 atom stereocenters. The Hall–Kier alpha value is -2.54. The summed E-state index contributed by atoms with van der Waals surface area (Å²) in [7, 11) is 0. The van der Waals surface area contributed by atoms with Crippen LogP contribution in [0.15, 0.2) is 78.9 Å². The van der Waals surface area contributed by atoms with E-state index >= 15 is 0 Å². The third-order valence-electron chi connectivity index (χ3n) is 7.11. The minimum absolute atomic E-state index is 1.08. The second kappa shape index (κ2) is 16.2. The first kappa shape index (κ1) is 27.1. The number of unbranched alkanes of at least 4 members (excludes halogenated alkanes) is 10. The van der Waals surface area contributed by atoms with Crippen molar-refractivity contribution in [2.45, 2.75) is 97.3 Å². The summed E-state index contributed by atoms with van der Waals surface area (Å²) in [6.07, 6.45) is 17.1. The number of rotatable bonds is 17. The van der Waals surface area contributed by atoms with E-state index in [1.807, 2.05) is 0 Å². The maximum Gasteiger partial charge on any atom is 0.0449 e. The lowest BCUT2D eigenvalue weighted by atomic mass is 9.93. The third kappa shape index (κ3) is 8.88. The quantitative estimate of drug-likeness (QED) is 0.178. The first-order chi connectivity index (χ1) is 17.3. The molecule has 35 heavy (non-hydrogen) atoms. The van der Waals surface area contributed by atoms with E-state index in [9.17, 15) is 0 Å². The zero-order valence-electron chi connectivity index (χ0n) is 22.4. The molecule has 1 heteroatoms. The van der Waals surface area contributed by atoms with Crippen LogP contribution in [0, 0.1) is 0 Å². The van der Waals surface area contributed by atoms with Crippen LogP contribution < -0.4 is 4.90 Å². The number of hydrogen-bond acceptors (Lipinski definition) is 1. The number of para-hydroxylation sites is 1. The molecule has 1 nitrogen and oxygen atoms in total. The molecule has 0 saturated heterocycles. The highest BCUT2D eigenvalue weighted by Crippen LogP contribution is 2.36. The van der Waals surface area contributed by atoms with E-state index in [4.69, 9.17) is 0 Å². The fraction of sp³-hybridized carbons (Fsp3) is 0.471. The minimum atomic E-state index is 1.08. The van der Waals surface area contributed by atoms with E-state index in [0.717, 1.165) is 13.0 Å². The second-order valence-electron chi connectivity index (χ2n) is 9.94. The molecule has 188 valence electrons. The van der Waals surface area contributed by atoms with E-state index in [2.05, 4.69) is 97.6 Å². The molecule has 0 radical (unpaired) electrons. The predicted molar refractivity (Wildman–Crippen MR) is 156 cm³/mol. The number of nitrogens with zero attached hydrogens (tertiary/aromatic N) is 1. The van der Waals surface area contributed by atoms with E-state index in [1.165, 1.54) is 105 Å². The van der Waals surface area contributed by atoms with Crippen molar-refractivity contribution in [3.63, 3.8) is 0 Å². The molecule has 0 heterocycles. The summed E-state index contributed by atoms with van der Waals surface area (Å²) in [5.74, 6) is 0. The number of benzene rings is 3. The summed E-state index contributed by atoms with van der Waals surface area (Å²) in [5.41, 5.74) is 6.97. The Bertz CT molecular complexity index is 931. The van der Waals surface area contributed by atoms with Crippen molar-refractivity contribution in [3.8, 4) is 11.1 Å². The summed E-state index contributed by atoms with van der Waals surface area (Å²) in [5, 5.41) is 0. The van der Waals surface area contributed by atoms with E-state index in [0.29, 0.717) is 0 Å². The monoisotopic (exact) mass is 469 g/mol. The maximum atomic E-state index is 2.60. The smallest absolute Gasteiger partial charge is 0.0449 e. The van der Waals surface area contributed by atoms with Crippen molar-refractivity contribution in [1.29, 1.82) is 0 Å². The van der Waals surface area contributed by atoms with Gasteiger partial charge in [0.05, 0.1) is 0 Å². The van der Waals surface area contributed by atoms with Crippen molar-refractivity contribution in [2.75, 3.05) is 11.4 Å². The third-order valence-corrected chi connectivity index (χ3v) is 7.11. The SMILES string of the molecule is CCCCCCCCc1c(-c2ccccc2)cccc1N(CCCCCCCC)c1ccccc1. The van der Waals surface area contributed by atoms with Gasteiger partial charge in [0.1, 0.15) is 0 Å². The lowest BCUT2D eigenvalue weighted by Gasteiger charge is -2.29. The van der Waals surface area contributed by atoms with Crippen LogP contribution in [-0.4, -0.2) is 6.54 Å². The van der Waals surface area contributed by atoms with Crippen LogP contribution in [-0.2, 0) is 6.42 Å². The van der Waals surface area contributed by atoms with Crippen molar-refractivity contribution in [1.82, 2.24) is 0 Å². The van der Waals surface area contributed by atoms with Gasteiger partial charge in [-0.25, -0.2) is 0 Å². The Labute approximate surface area is 215 Å². The van der Waals surface area contributed by atoms with Gasteiger partial charge in [-0.1, -0.05) is 139 Å². The molecule has 0 aliphatic heterocycles. The first-order valence-electron chi connectivity index (χ1n) is 14.3. The standard InChI is InChI=1S/C34H47N/c1-3-5-7-9-11-19-26-33-32(30-22-15-13-16-23-30)27-21-28-34(33)35(31-24-17-14-18-25-31)29-20-12-10-8-6-4-2/h13-18,21-25,27-28H,3-12,19-20,26,29H2,1-2H3. The molecular formula is C34H47N. The molecule has 0 bridgehead atoms. The van der Waals surface area contributed by atoms with Gasteiger partial charge >= 0.3 is 0 Å². The normalized spacial score (nSPS) is 11.0. The lowest BCUT2D eigenvalue weighted by molar-refractivity contribution is 0.604. The Morgan fingerprint density at radius 2 is 1.09 bits per heavy atom. The topological polar surface area (TPSA) is 3.24 Å². The molecule has 0 amide bonds. The largest absolute Gasteiger partial charge is 0.341 e. The second-order valence-corrected chi connectivity index (χ2v) is 9.94. The highest BCUT2D eigenvalue weighted by molar-refractivity contribution is 5.77. The molecular weight excluding hydrogens is 422 g/mol. The van der Waals surface area contributed by atoms with Crippen LogP contribution in [0.4, 0.5) is 11.4 Å². The van der Waals surface area contributed by atoms with Gasteiger partial charge in [0.15, 0.2) is 0 Å². The van der Waals surface area contributed by atoms with Gasteiger partial charge in [-0.15, -0.1) is 0 Å². The van der Waals surface area contributed by atoms with Gasteiger partial charge in [0.2, 0.25) is 0 Å². The zero-order valence-corrected chi connectivity index (χ0v) is 22.4. The van der Waals surface area contributed by atoms with E-state index in [1.54, 1.807) is 0 Å². The molecule has 0 aliphatic rings. The van der Waals surface area contributed by atoms with Gasteiger partial charge < -0.3 is 4.90 Å². The zero-order chi connectivity index (χ0) is 24.6. The minimum Gasteiger partial charge on any atom is -0.341 e. The van der Waals surface area contributed by atoms with Crippen molar-refractivity contribution in [3.05, 3.63) is 84.4 Å². The Kier molecular flexibility index (Phi) is 12.5. The molecule has 0 unspecified atom stereocenters. The van der Waals surface area contributed by atoms with E-state index in [-0.39, 0.29) is 0 Å². The Morgan fingerprint density at radius 3 is 1.74 bits per heavy atom. The average Bonchev–Trinajstić information content (AvgIpc) is 2.91. The molecule has 3 aromatic rings. The van der Waals surface area contributed by atoms with Crippen LogP contribution in [0.25, 0.3) is 11.1 Å². The van der Waals surface area contributed by atoms with Crippen molar-refractivity contribution >= 4 is 11.4 Å². The first-order valence-corrected chi connectivity index (χ1v) is 14.3. The van der Waals surface area contributed by atoms with Gasteiger partial charge in [-0.05, 0) is 54.2 Å². The summed E-state index contributed by atoms with van der Waals surface area (Å²) in [4.78, 5) is 2.60. The maximum absolute atomic E-state index is 2.60. The summed E-state index contributed by atoms with van der Waals surface area (Å²) >= 11 is 0. The van der Waals surface area contributed by atoms with Gasteiger partial charge in [0, 0.05) is 17.9 Å². The Balaban J connectivity index is 1.87. The van der Waals surface area contributed by atoms with Crippen molar-refractivity contribution < 1.29 is 0 Å². The van der Waals surface area contributed by atoms with Gasteiger partial charge in [0.25, 0.3) is 0 Å². The lowest BCUT2D eigenvalue weighted by Crippen LogP contribution is -2.20. The summed E-state index contributed by atoms with van der Waals surface area (Å²) in [6, 6.07) is 29.0. The molecule has 0 fully saturated rings. The molecule has 3 aromatic carbocycles. The highest BCUT2D eigenvalue weighted by atomic mass is 15.1. The van der Waals surface area contributed by atoms with E-state index < -0.39 is 0 Å². The highest BCUT2D eigenvalue weighted by Gasteiger charge is 2.17. The molecule has 0 spiro atoms. The molecule has 0 N–H and O–H groups in total.